The third-order valence-electron chi connectivity index (χ3n) is 3.55. The molecule has 2 aliphatic rings. The van der Waals surface area contributed by atoms with Crippen LogP contribution in [0.4, 0.5) is 0 Å². The molecule has 3 N–H and O–H groups in total. The van der Waals surface area contributed by atoms with E-state index in [0.717, 1.165) is 38.9 Å². The third-order valence-corrected chi connectivity index (χ3v) is 3.55. The van der Waals surface area contributed by atoms with Gasteiger partial charge in [0.1, 0.15) is 0 Å². The molecule has 0 amide bonds. The Labute approximate surface area is 91.9 Å². The van der Waals surface area contributed by atoms with E-state index in [1.807, 2.05) is 0 Å². The first-order valence-electron chi connectivity index (χ1n) is 5.42. The average Bonchev–Trinajstić information content (AvgIpc) is 2.40. The molecule has 0 aromatic rings. The molecule has 2 aliphatic heterocycles. The van der Waals surface area contributed by atoms with E-state index < -0.39 is 0 Å². The van der Waals surface area contributed by atoms with Crippen molar-refractivity contribution in [3.8, 4) is 0 Å². The molecular formula is C11H23NO3. The van der Waals surface area contributed by atoms with Gasteiger partial charge < -0.3 is 20.4 Å². The summed E-state index contributed by atoms with van der Waals surface area (Å²) >= 11 is 0. The van der Waals surface area contributed by atoms with Crippen molar-refractivity contribution in [3.63, 3.8) is 0 Å². The summed E-state index contributed by atoms with van der Waals surface area (Å²) in [6, 6.07) is 0. The van der Waals surface area contributed by atoms with Crippen LogP contribution >= 0.6 is 0 Å². The zero-order valence-corrected chi connectivity index (χ0v) is 9.88. The number of ether oxygens (including phenoxy) is 3. The summed E-state index contributed by atoms with van der Waals surface area (Å²) in [5.41, 5.74) is 0.0110. The van der Waals surface area contributed by atoms with Gasteiger partial charge >= 0.3 is 0 Å². The van der Waals surface area contributed by atoms with Crippen molar-refractivity contribution in [1.29, 1.82) is 0 Å². The van der Waals surface area contributed by atoms with Gasteiger partial charge in [0.15, 0.2) is 0 Å². The van der Waals surface area contributed by atoms with Gasteiger partial charge in [-0.2, -0.15) is 0 Å². The van der Waals surface area contributed by atoms with Crippen LogP contribution in [0.3, 0.4) is 0 Å². The Kier molecular flexibility index (Phi) is 4.12. The highest BCUT2D eigenvalue weighted by atomic mass is 16.6. The highest BCUT2D eigenvalue weighted by Crippen LogP contribution is 2.48. The molecule has 2 unspecified atom stereocenters. The fourth-order valence-corrected chi connectivity index (χ4v) is 2.98. The molecule has 4 heteroatoms. The Hall–Kier alpha value is -0.160. The lowest BCUT2D eigenvalue weighted by Gasteiger charge is -2.39. The zero-order valence-electron chi connectivity index (χ0n) is 9.88. The number of hydrogen-bond acceptors (Lipinski definition) is 4. The van der Waals surface area contributed by atoms with Gasteiger partial charge in [0.25, 0.3) is 0 Å². The molecule has 90 valence electrons. The number of methoxy groups -OCH3 is 2. The fourth-order valence-electron chi connectivity index (χ4n) is 2.98. The number of fused-ring (bicyclic) bond motifs is 2. The van der Waals surface area contributed by atoms with Gasteiger partial charge in [-0.15, -0.1) is 0 Å². The van der Waals surface area contributed by atoms with E-state index in [2.05, 4.69) is 0 Å². The number of rotatable bonds is 4. The first-order chi connectivity index (χ1) is 6.74. The van der Waals surface area contributed by atoms with Crippen molar-refractivity contribution >= 4 is 0 Å². The van der Waals surface area contributed by atoms with Crippen molar-refractivity contribution in [2.24, 2.45) is 0 Å². The van der Waals surface area contributed by atoms with E-state index in [-0.39, 0.29) is 17.4 Å². The molecule has 0 aromatic heterocycles. The molecule has 4 nitrogen and oxygen atoms in total. The molecule has 2 heterocycles. The quantitative estimate of drug-likeness (QED) is 0.781. The smallest absolute Gasteiger partial charge is 0.0924 e. The molecule has 0 saturated carbocycles. The second-order valence-corrected chi connectivity index (χ2v) is 4.69. The molecule has 2 fully saturated rings. The van der Waals surface area contributed by atoms with Crippen LogP contribution in [-0.2, 0) is 14.2 Å². The normalized spacial score (nSPS) is 38.8. The molecule has 0 aliphatic carbocycles. The Morgan fingerprint density at radius 2 is 1.40 bits per heavy atom. The molecule has 2 rings (SSSR count). The Bertz CT molecular complexity index is 184. The maximum absolute atomic E-state index is 6.20. The summed E-state index contributed by atoms with van der Waals surface area (Å²) in [5.74, 6) is 0. The second kappa shape index (κ2) is 4.78. The molecule has 0 radical (unpaired) electrons. The van der Waals surface area contributed by atoms with Crippen LogP contribution in [0.15, 0.2) is 0 Å². The van der Waals surface area contributed by atoms with Crippen LogP contribution in [0.1, 0.15) is 32.1 Å². The minimum absolute atomic E-state index is 0. The summed E-state index contributed by atoms with van der Waals surface area (Å²) in [4.78, 5) is 0. The second-order valence-electron chi connectivity index (χ2n) is 4.69. The minimum atomic E-state index is 0. The van der Waals surface area contributed by atoms with Crippen molar-refractivity contribution in [1.82, 2.24) is 6.15 Å². The van der Waals surface area contributed by atoms with E-state index in [0.29, 0.717) is 0 Å². The maximum Gasteiger partial charge on any atom is 0.0924 e. The Balaban J connectivity index is 0.00000112. The number of hydrogen-bond donors (Lipinski definition) is 1. The largest absolute Gasteiger partial charge is 0.382 e. The van der Waals surface area contributed by atoms with Crippen LogP contribution < -0.4 is 6.15 Å². The van der Waals surface area contributed by atoms with Gasteiger partial charge in [0.2, 0.25) is 0 Å². The molecule has 2 atom stereocenters. The lowest BCUT2D eigenvalue weighted by Crippen LogP contribution is -2.45. The van der Waals surface area contributed by atoms with Gasteiger partial charge in [-0.05, 0) is 32.1 Å². The van der Waals surface area contributed by atoms with Gasteiger partial charge in [-0.25, -0.2) is 0 Å². The van der Waals surface area contributed by atoms with Crippen LogP contribution in [0, 0.1) is 0 Å². The Morgan fingerprint density at radius 3 is 1.80 bits per heavy atom. The monoisotopic (exact) mass is 217 g/mol. The molecular weight excluding hydrogens is 194 g/mol. The summed E-state index contributed by atoms with van der Waals surface area (Å²) in [7, 11) is 3.51. The van der Waals surface area contributed by atoms with Crippen molar-refractivity contribution in [3.05, 3.63) is 0 Å². The lowest BCUT2D eigenvalue weighted by atomic mass is 9.93. The van der Waals surface area contributed by atoms with Gasteiger partial charge in [0.05, 0.1) is 24.4 Å². The molecule has 2 saturated heterocycles. The van der Waals surface area contributed by atoms with E-state index in [1.54, 1.807) is 14.2 Å². The predicted octanol–water partition coefficient (Wildman–Crippen LogP) is 1.91. The van der Waals surface area contributed by atoms with E-state index in [4.69, 9.17) is 14.2 Å². The summed E-state index contributed by atoms with van der Waals surface area (Å²) < 4.78 is 16.7. The average molecular weight is 217 g/mol. The van der Waals surface area contributed by atoms with Gasteiger partial charge in [-0.3, -0.25) is 0 Å². The topological polar surface area (TPSA) is 62.7 Å². The lowest BCUT2D eigenvalue weighted by molar-refractivity contribution is -0.178. The van der Waals surface area contributed by atoms with Crippen molar-refractivity contribution in [2.45, 2.75) is 43.3 Å². The highest BCUT2D eigenvalue weighted by molar-refractivity contribution is 5.01. The van der Waals surface area contributed by atoms with Gasteiger partial charge in [0, 0.05) is 14.2 Å². The zero-order chi connectivity index (χ0) is 10.1. The standard InChI is InChI=1S/C11H20O3.H3N/c1-12-8-10-4-3-5-11(14-10,7-6-10)9-13-2;/h3-9H2,1-2H3;1H3. The Morgan fingerprint density at radius 1 is 0.933 bits per heavy atom. The van der Waals surface area contributed by atoms with Gasteiger partial charge in [-0.1, -0.05) is 0 Å². The van der Waals surface area contributed by atoms with E-state index in [9.17, 15) is 0 Å². The molecule has 15 heavy (non-hydrogen) atoms. The first kappa shape index (κ1) is 12.9. The van der Waals surface area contributed by atoms with Crippen LogP contribution in [0.2, 0.25) is 0 Å². The maximum atomic E-state index is 6.20. The molecule has 0 spiro atoms. The SMILES string of the molecule is COCC12CCCC(COC)(CC1)O2.N. The summed E-state index contributed by atoms with van der Waals surface area (Å²) in [5, 5.41) is 0. The van der Waals surface area contributed by atoms with Crippen LogP contribution in [-0.4, -0.2) is 38.6 Å². The predicted molar refractivity (Wildman–Crippen MR) is 58.4 cm³/mol. The minimum Gasteiger partial charge on any atom is -0.382 e. The van der Waals surface area contributed by atoms with E-state index >= 15 is 0 Å². The highest BCUT2D eigenvalue weighted by Gasteiger charge is 2.52. The van der Waals surface area contributed by atoms with Crippen molar-refractivity contribution < 1.29 is 14.2 Å². The molecule has 0 aromatic carbocycles. The van der Waals surface area contributed by atoms with Crippen molar-refractivity contribution in [2.75, 3.05) is 27.4 Å². The first-order valence-corrected chi connectivity index (χ1v) is 5.42. The summed E-state index contributed by atoms with van der Waals surface area (Å²) in [6.45, 7) is 1.47. The molecule has 2 bridgehead atoms. The van der Waals surface area contributed by atoms with Crippen LogP contribution in [0.5, 0.6) is 0 Å². The fraction of sp³-hybridized carbons (Fsp3) is 1.00. The summed E-state index contributed by atoms with van der Waals surface area (Å²) in [6.07, 6.45) is 5.79. The van der Waals surface area contributed by atoms with Crippen LogP contribution in [0.25, 0.3) is 0 Å². The third kappa shape index (κ3) is 2.33. The van der Waals surface area contributed by atoms with E-state index in [1.165, 1.54) is 6.42 Å².